The van der Waals surface area contributed by atoms with Crippen LogP contribution in [0, 0.1) is 6.07 Å². The van der Waals surface area contributed by atoms with Crippen molar-refractivity contribution < 1.29 is 18.9 Å². The van der Waals surface area contributed by atoms with Gasteiger partial charge in [0.2, 0.25) is 0 Å². The van der Waals surface area contributed by atoms with Crippen LogP contribution >= 0.6 is 0 Å². The van der Waals surface area contributed by atoms with E-state index in [0.717, 1.165) is 17.0 Å². The van der Waals surface area contributed by atoms with Gasteiger partial charge in [0.15, 0.2) is 0 Å². The first kappa shape index (κ1) is 10.6. The molecule has 0 spiro atoms. The smallest absolute Gasteiger partial charge is 0.306 e. The third-order valence-electron chi connectivity index (χ3n) is 3.11. The summed E-state index contributed by atoms with van der Waals surface area (Å²) < 4.78 is 0. The van der Waals surface area contributed by atoms with Crippen LogP contribution in [0.2, 0.25) is 0 Å². The minimum absolute atomic E-state index is 0. The van der Waals surface area contributed by atoms with Crippen LogP contribution in [0.1, 0.15) is 16.7 Å². The summed E-state index contributed by atoms with van der Waals surface area (Å²) in [4.78, 5) is 4.67. The summed E-state index contributed by atoms with van der Waals surface area (Å²) in [7, 11) is 0. The third-order valence-corrected chi connectivity index (χ3v) is 3.11. The molecule has 0 N–H and O–H groups in total. The third kappa shape index (κ3) is 1.37. The van der Waals surface area contributed by atoms with Crippen molar-refractivity contribution in [1.82, 2.24) is 0 Å². The Labute approximate surface area is 112 Å². The van der Waals surface area contributed by atoms with Gasteiger partial charge < -0.3 is 4.99 Å². The molecule has 0 saturated carbocycles. The van der Waals surface area contributed by atoms with E-state index >= 15 is 0 Å². The quantitative estimate of drug-likeness (QED) is 0.442. The van der Waals surface area contributed by atoms with Crippen LogP contribution in [0.5, 0.6) is 0 Å². The Hall–Kier alpha value is -1.55. The Morgan fingerprint density at radius 3 is 2.82 bits per heavy atom. The molecule has 4 rings (SSSR count). The van der Waals surface area contributed by atoms with Crippen LogP contribution in [-0.4, -0.2) is 5.71 Å². The van der Waals surface area contributed by atoms with Gasteiger partial charge in [-0.3, -0.25) is 0 Å². The molecular formula is C15H8LiN. The van der Waals surface area contributed by atoms with E-state index < -0.39 is 0 Å². The monoisotopic (exact) mass is 209 g/mol. The van der Waals surface area contributed by atoms with E-state index in [0.29, 0.717) is 0 Å². The molecule has 0 atom stereocenters. The summed E-state index contributed by atoms with van der Waals surface area (Å²) >= 11 is 0. The number of hydrogen-bond donors (Lipinski definition) is 0. The van der Waals surface area contributed by atoms with E-state index in [2.05, 4.69) is 41.4 Å². The van der Waals surface area contributed by atoms with Crippen LogP contribution in [0.25, 0.3) is 11.6 Å². The number of allylic oxidation sites excluding steroid dienone is 1. The van der Waals surface area contributed by atoms with Crippen molar-refractivity contribution in [3.05, 3.63) is 65.2 Å². The molecule has 0 unspecified atom stereocenters. The molecule has 1 aliphatic heterocycles. The van der Waals surface area contributed by atoms with Gasteiger partial charge in [0.25, 0.3) is 0 Å². The molecule has 0 aromatic heterocycles. The first-order valence-electron chi connectivity index (χ1n) is 5.35. The predicted octanol–water partition coefficient (Wildman–Crippen LogP) is 0.479. The topological polar surface area (TPSA) is 12.4 Å². The van der Waals surface area contributed by atoms with Crippen molar-refractivity contribution in [3.63, 3.8) is 0 Å². The second-order valence-corrected chi connectivity index (χ2v) is 4.04. The van der Waals surface area contributed by atoms with Crippen molar-refractivity contribution in [1.29, 1.82) is 0 Å². The molecule has 0 fully saturated rings. The van der Waals surface area contributed by atoms with Gasteiger partial charge in [-0.2, -0.15) is 0 Å². The largest absolute Gasteiger partial charge is 1.00 e. The van der Waals surface area contributed by atoms with E-state index in [-0.39, 0.29) is 18.9 Å². The van der Waals surface area contributed by atoms with Crippen molar-refractivity contribution >= 4 is 23.0 Å². The van der Waals surface area contributed by atoms with E-state index in [1.807, 2.05) is 18.2 Å². The number of aliphatic imine (C=N–C) groups is 1. The number of hydrogen-bond acceptors (Lipinski definition) is 1. The van der Waals surface area contributed by atoms with Gasteiger partial charge in [-0.05, 0) is 16.8 Å². The van der Waals surface area contributed by atoms with Crippen LogP contribution in [0.15, 0.2) is 47.5 Å². The Morgan fingerprint density at radius 2 is 1.88 bits per heavy atom. The molecule has 0 saturated heterocycles. The second kappa shape index (κ2) is 3.74. The predicted molar refractivity (Wildman–Crippen MR) is 65.8 cm³/mol. The molecule has 2 aromatic rings. The SMILES string of the molecule is [Li+].[c-]1cccc2c1C1=Cc3ccccc3C1=N2. The van der Waals surface area contributed by atoms with E-state index in [1.165, 1.54) is 16.7 Å². The molecule has 74 valence electrons. The van der Waals surface area contributed by atoms with Crippen molar-refractivity contribution in [3.8, 4) is 0 Å². The molecule has 0 radical (unpaired) electrons. The fourth-order valence-corrected chi connectivity index (χ4v) is 2.38. The fraction of sp³-hybridized carbons (Fsp3) is 0. The van der Waals surface area contributed by atoms with Crippen LogP contribution in [0.4, 0.5) is 5.69 Å². The number of fused-ring (bicyclic) bond motifs is 5. The summed E-state index contributed by atoms with van der Waals surface area (Å²) in [5.74, 6) is 0. The summed E-state index contributed by atoms with van der Waals surface area (Å²) in [5.41, 5.74) is 7.00. The first-order chi connectivity index (χ1) is 7.93. The minimum Gasteiger partial charge on any atom is -0.306 e. The fourth-order valence-electron chi connectivity index (χ4n) is 2.38. The van der Waals surface area contributed by atoms with Gasteiger partial charge >= 0.3 is 18.9 Å². The molecule has 2 aromatic carbocycles. The van der Waals surface area contributed by atoms with Crippen LogP contribution in [0.3, 0.4) is 0 Å². The number of nitrogens with zero attached hydrogens (tertiary/aromatic N) is 1. The van der Waals surface area contributed by atoms with Crippen LogP contribution in [-0.2, 0) is 0 Å². The molecule has 17 heavy (non-hydrogen) atoms. The Morgan fingerprint density at radius 1 is 1.00 bits per heavy atom. The maximum Gasteiger partial charge on any atom is 1.00 e. The van der Waals surface area contributed by atoms with Gasteiger partial charge in [-0.15, -0.1) is 29.8 Å². The normalized spacial score (nSPS) is 14.1. The summed E-state index contributed by atoms with van der Waals surface area (Å²) in [6.07, 6.45) is 2.20. The van der Waals surface area contributed by atoms with E-state index in [1.54, 1.807) is 0 Å². The first-order valence-corrected chi connectivity index (χ1v) is 5.35. The standard InChI is InChI=1S/C15H8N.Li/c1-2-6-11-10(5-1)9-13-12-7-3-4-8-14(12)16-15(11)13;/h1-6,8-9H;/q-1;+1. The molecule has 0 bridgehead atoms. The van der Waals surface area contributed by atoms with Crippen molar-refractivity contribution in [2.45, 2.75) is 0 Å². The summed E-state index contributed by atoms with van der Waals surface area (Å²) in [6.45, 7) is 0. The van der Waals surface area contributed by atoms with Crippen LogP contribution < -0.4 is 18.9 Å². The summed E-state index contributed by atoms with van der Waals surface area (Å²) in [6, 6.07) is 17.6. The van der Waals surface area contributed by atoms with Gasteiger partial charge in [0.1, 0.15) is 0 Å². The van der Waals surface area contributed by atoms with E-state index in [4.69, 9.17) is 0 Å². The van der Waals surface area contributed by atoms with Gasteiger partial charge in [-0.1, -0.05) is 35.9 Å². The zero-order valence-electron chi connectivity index (χ0n) is 9.57. The molecule has 0 amide bonds. The van der Waals surface area contributed by atoms with Gasteiger partial charge in [-0.25, -0.2) is 0 Å². The van der Waals surface area contributed by atoms with Gasteiger partial charge in [0.05, 0.1) is 0 Å². The number of rotatable bonds is 0. The zero-order chi connectivity index (χ0) is 10.5. The molecular weight excluding hydrogens is 201 g/mol. The average Bonchev–Trinajstić information content (AvgIpc) is 2.85. The van der Waals surface area contributed by atoms with Crippen molar-refractivity contribution in [2.24, 2.45) is 4.99 Å². The second-order valence-electron chi connectivity index (χ2n) is 4.04. The maximum absolute atomic E-state index is 4.67. The zero-order valence-corrected chi connectivity index (χ0v) is 9.57. The van der Waals surface area contributed by atoms with Gasteiger partial charge in [0, 0.05) is 5.71 Å². The molecule has 1 nitrogen and oxygen atoms in total. The summed E-state index contributed by atoms with van der Waals surface area (Å²) in [5, 5.41) is 0. The average molecular weight is 209 g/mol. The minimum atomic E-state index is 0. The van der Waals surface area contributed by atoms with Crippen molar-refractivity contribution in [2.75, 3.05) is 0 Å². The van der Waals surface area contributed by atoms with E-state index in [9.17, 15) is 0 Å². The molecule has 2 heteroatoms. The molecule has 1 aliphatic carbocycles. The Bertz CT molecular complexity index is 609. The molecule has 2 aliphatic rings. The maximum atomic E-state index is 4.67. The Balaban J connectivity index is 0.000000902. The molecule has 1 heterocycles. The Kier molecular flexibility index (Phi) is 2.33. The number of benzene rings is 2.